The molecule has 2 aromatic rings. The molecule has 0 saturated heterocycles. The molecule has 1 aromatic heterocycles. The predicted octanol–water partition coefficient (Wildman–Crippen LogP) is 2.75. The van der Waals surface area contributed by atoms with Crippen LogP contribution in [0.4, 0.5) is 0 Å². The highest BCUT2D eigenvalue weighted by atomic mass is 16.5. The maximum Gasteiger partial charge on any atom is 0.108 e. The number of hydrogen-bond donors (Lipinski definition) is 0. The Labute approximate surface area is 114 Å². The Morgan fingerprint density at radius 1 is 1.00 bits per heavy atom. The largest absolute Gasteiger partial charge is 0.367 e. The van der Waals surface area contributed by atoms with Crippen molar-refractivity contribution >= 4 is 0 Å². The molecular formula is C16H20N2O. The van der Waals surface area contributed by atoms with Gasteiger partial charge in [-0.05, 0) is 37.4 Å². The zero-order valence-electron chi connectivity index (χ0n) is 11.5. The third-order valence-corrected chi connectivity index (χ3v) is 2.93. The Balaban J connectivity index is 2.14. The second-order valence-corrected chi connectivity index (χ2v) is 4.75. The quantitative estimate of drug-likeness (QED) is 0.794. The summed E-state index contributed by atoms with van der Waals surface area (Å²) in [6.45, 7) is 1.61. The molecule has 1 atom stereocenters. The Morgan fingerprint density at radius 2 is 1.63 bits per heavy atom. The second-order valence-electron chi connectivity index (χ2n) is 4.75. The van der Waals surface area contributed by atoms with Crippen molar-refractivity contribution < 1.29 is 4.74 Å². The molecule has 1 aromatic carbocycles. The molecular weight excluding hydrogens is 236 g/mol. The first kappa shape index (κ1) is 13.7. The number of nitrogens with zero attached hydrogens (tertiary/aromatic N) is 2. The molecule has 3 heteroatoms. The monoisotopic (exact) mass is 256 g/mol. The highest BCUT2D eigenvalue weighted by Gasteiger charge is 2.14. The van der Waals surface area contributed by atoms with Crippen LogP contribution >= 0.6 is 0 Å². The average Bonchev–Trinajstić information content (AvgIpc) is 2.45. The minimum atomic E-state index is -0.0239. The van der Waals surface area contributed by atoms with Gasteiger partial charge >= 0.3 is 0 Å². The molecule has 0 aliphatic carbocycles. The van der Waals surface area contributed by atoms with E-state index in [9.17, 15) is 0 Å². The van der Waals surface area contributed by atoms with Crippen molar-refractivity contribution in [1.29, 1.82) is 0 Å². The molecule has 100 valence electrons. The molecule has 0 bridgehead atoms. The fraction of sp³-hybridized carbons (Fsp3) is 0.312. The van der Waals surface area contributed by atoms with E-state index in [2.05, 4.69) is 22.0 Å². The molecule has 1 heterocycles. The highest BCUT2D eigenvalue weighted by molar-refractivity contribution is 5.28. The smallest absolute Gasteiger partial charge is 0.108 e. The lowest BCUT2D eigenvalue weighted by molar-refractivity contribution is 0.0687. The van der Waals surface area contributed by atoms with Gasteiger partial charge in [0.25, 0.3) is 0 Å². The molecule has 0 spiro atoms. The van der Waals surface area contributed by atoms with Crippen LogP contribution in [0.15, 0.2) is 54.9 Å². The SMILES string of the molecule is CN(C)CCOC(c1ccccc1)c1ccncc1. The molecule has 0 saturated carbocycles. The highest BCUT2D eigenvalue weighted by Crippen LogP contribution is 2.25. The number of benzene rings is 1. The van der Waals surface area contributed by atoms with Gasteiger partial charge in [-0.25, -0.2) is 0 Å². The van der Waals surface area contributed by atoms with E-state index in [-0.39, 0.29) is 6.10 Å². The topological polar surface area (TPSA) is 25.4 Å². The first-order valence-corrected chi connectivity index (χ1v) is 6.48. The molecule has 3 nitrogen and oxygen atoms in total. The lowest BCUT2D eigenvalue weighted by Gasteiger charge is -2.20. The molecule has 0 aliphatic rings. The molecule has 2 rings (SSSR count). The third-order valence-electron chi connectivity index (χ3n) is 2.93. The number of likely N-dealkylation sites (N-methyl/N-ethyl adjacent to an activating group) is 1. The summed E-state index contributed by atoms with van der Waals surface area (Å²) < 4.78 is 6.06. The van der Waals surface area contributed by atoms with Crippen molar-refractivity contribution in [3.05, 3.63) is 66.0 Å². The fourth-order valence-corrected chi connectivity index (χ4v) is 1.90. The van der Waals surface area contributed by atoms with Crippen LogP contribution in [0, 0.1) is 0 Å². The van der Waals surface area contributed by atoms with Gasteiger partial charge < -0.3 is 9.64 Å². The van der Waals surface area contributed by atoms with Crippen molar-refractivity contribution in [3.8, 4) is 0 Å². The summed E-state index contributed by atoms with van der Waals surface area (Å²) in [7, 11) is 4.10. The van der Waals surface area contributed by atoms with Crippen LogP contribution in [0.2, 0.25) is 0 Å². The van der Waals surface area contributed by atoms with Gasteiger partial charge in [-0.15, -0.1) is 0 Å². The van der Waals surface area contributed by atoms with E-state index >= 15 is 0 Å². The van der Waals surface area contributed by atoms with E-state index < -0.39 is 0 Å². The van der Waals surface area contributed by atoms with Crippen molar-refractivity contribution in [2.45, 2.75) is 6.10 Å². The van der Waals surface area contributed by atoms with Crippen LogP contribution in [0.3, 0.4) is 0 Å². The standard InChI is InChI=1S/C16H20N2O/c1-18(2)12-13-19-16(14-6-4-3-5-7-14)15-8-10-17-11-9-15/h3-11,16H,12-13H2,1-2H3. The summed E-state index contributed by atoms with van der Waals surface area (Å²) in [4.78, 5) is 6.19. The lowest BCUT2D eigenvalue weighted by Crippen LogP contribution is -2.20. The van der Waals surface area contributed by atoms with E-state index in [1.807, 2.05) is 44.4 Å². The molecule has 0 radical (unpaired) electrons. The third kappa shape index (κ3) is 4.16. The van der Waals surface area contributed by atoms with Gasteiger partial charge in [0.05, 0.1) is 6.61 Å². The Hall–Kier alpha value is -1.71. The van der Waals surface area contributed by atoms with Crippen molar-refractivity contribution in [2.75, 3.05) is 27.2 Å². The average molecular weight is 256 g/mol. The van der Waals surface area contributed by atoms with Gasteiger partial charge in [0, 0.05) is 18.9 Å². The summed E-state index contributed by atoms with van der Waals surface area (Å²) in [5.74, 6) is 0. The molecule has 0 fully saturated rings. The first-order chi connectivity index (χ1) is 9.27. The van der Waals surface area contributed by atoms with E-state index in [1.54, 1.807) is 12.4 Å². The second kappa shape index (κ2) is 7.02. The van der Waals surface area contributed by atoms with E-state index in [0.717, 1.165) is 12.1 Å². The van der Waals surface area contributed by atoms with Gasteiger partial charge in [0.1, 0.15) is 6.10 Å². The Morgan fingerprint density at radius 3 is 2.26 bits per heavy atom. The van der Waals surface area contributed by atoms with Gasteiger partial charge in [0.15, 0.2) is 0 Å². The van der Waals surface area contributed by atoms with Crippen molar-refractivity contribution in [1.82, 2.24) is 9.88 Å². The summed E-state index contributed by atoms with van der Waals surface area (Å²) in [6.07, 6.45) is 3.59. The molecule has 0 N–H and O–H groups in total. The van der Waals surface area contributed by atoms with E-state index in [1.165, 1.54) is 5.56 Å². The Bertz CT molecular complexity index is 431. The van der Waals surface area contributed by atoms with Gasteiger partial charge in [-0.3, -0.25) is 4.98 Å². The summed E-state index contributed by atoms with van der Waals surface area (Å²) in [6, 6.07) is 14.3. The molecule has 0 aliphatic heterocycles. The molecule has 1 unspecified atom stereocenters. The van der Waals surface area contributed by atoms with Gasteiger partial charge in [-0.2, -0.15) is 0 Å². The fourth-order valence-electron chi connectivity index (χ4n) is 1.90. The molecule has 0 amide bonds. The first-order valence-electron chi connectivity index (χ1n) is 6.48. The molecule has 19 heavy (non-hydrogen) atoms. The summed E-state index contributed by atoms with van der Waals surface area (Å²) >= 11 is 0. The van der Waals surface area contributed by atoms with E-state index in [4.69, 9.17) is 4.74 Å². The summed E-state index contributed by atoms with van der Waals surface area (Å²) in [5.41, 5.74) is 2.31. The minimum Gasteiger partial charge on any atom is -0.367 e. The zero-order valence-corrected chi connectivity index (χ0v) is 11.5. The van der Waals surface area contributed by atoms with Crippen LogP contribution in [0.25, 0.3) is 0 Å². The maximum absolute atomic E-state index is 6.06. The van der Waals surface area contributed by atoms with Crippen LogP contribution in [-0.2, 0) is 4.74 Å². The maximum atomic E-state index is 6.06. The van der Waals surface area contributed by atoms with Crippen LogP contribution in [0.1, 0.15) is 17.2 Å². The lowest BCUT2D eigenvalue weighted by atomic mass is 10.0. The number of pyridine rings is 1. The van der Waals surface area contributed by atoms with Crippen molar-refractivity contribution in [2.24, 2.45) is 0 Å². The van der Waals surface area contributed by atoms with Crippen molar-refractivity contribution in [3.63, 3.8) is 0 Å². The number of hydrogen-bond acceptors (Lipinski definition) is 3. The van der Waals surface area contributed by atoms with Crippen LogP contribution in [0.5, 0.6) is 0 Å². The number of aromatic nitrogens is 1. The van der Waals surface area contributed by atoms with Crippen LogP contribution < -0.4 is 0 Å². The van der Waals surface area contributed by atoms with Crippen LogP contribution in [-0.4, -0.2) is 37.1 Å². The zero-order chi connectivity index (χ0) is 13.5. The van der Waals surface area contributed by atoms with Gasteiger partial charge in [-0.1, -0.05) is 30.3 Å². The number of rotatable bonds is 6. The normalized spacial score (nSPS) is 12.6. The predicted molar refractivity (Wildman–Crippen MR) is 77.0 cm³/mol. The number of ether oxygens (including phenoxy) is 1. The van der Waals surface area contributed by atoms with E-state index in [0.29, 0.717) is 6.61 Å². The summed E-state index contributed by atoms with van der Waals surface area (Å²) in [5, 5.41) is 0. The Kier molecular flexibility index (Phi) is 5.07. The minimum absolute atomic E-state index is 0.0239. The van der Waals surface area contributed by atoms with Gasteiger partial charge in [0.2, 0.25) is 0 Å².